The summed E-state index contributed by atoms with van der Waals surface area (Å²) in [6, 6.07) is 0.472. The van der Waals surface area contributed by atoms with Gasteiger partial charge >= 0.3 is 0 Å². The lowest BCUT2D eigenvalue weighted by Crippen LogP contribution is -2.37. The van der Waals surface area contributed by atoms with Gasteiger partial charge in [-0.25, -0.2) is 0 Å². The summed E-state index contributed by atoms with van der Waals surface area (Å²) in [6.07, 6.45) is 1.02. The van der Waals surface area contributed by atoms with Crippen LogP contribution < -0.4 is 5.32 Å². The van der Waals surface area contributed by atoms with Gasteiger partial charge in [0.2, 0.25) is 0 Å². The van der Waals surface area contributed by atoms with Crippen LogP contribution in [0.15, 0.2) is 0 Å². The van der Waals surface area contributed by atoms with Crippen molar-refractivity contribution in [1.82, 2.24) is 5.32 Å². The number of halogens is 1. The molecule has 0 aromatic heterocycles. The summed E-state index contributed by atoms with van der Waals surface area (Å²) in [5.41, 5.74) is -0.0308. The fraction of sp³-hybridized carbons (Fsp3) is 1.00. The predicted molar refractivity (Wildman–Crippen MR) is 63.1 cm³/mol. The van der Waals surface area contributed by atoms with E-state index in [0.717, 1.165) is 13.0 Å². The minimum atomic E-state index is -0.0308. The molecular formula is C11H24ClNO. The molecule has 0 fully saturated rings. The second-order valence-electron chi connectivity index (χ2n) is 4.59. The molecule has 0 rings (SSSR count). The number of ether oxygens (including phenoxy) is 1. The summed E-state index contributed by atoms with van der Waals surface area (Å²) in [5.74, 6) is 1.23. The Morgan fingerprint density at radius 3 is 2.36 bits per heavy atom. The zero-order valence-corrected chi connectivity index (χ0v) is 10.8. The quantitative estimate of drug-likeness (QED) is 0.668. The zero-order chi connectivity index (χ0) is 11.2. The lowest BCUT2D eigenvalue weighted by Gasteiger charge is -2.25. The Kier molecular flexibility index (Phi) is 6.75. The second kappa shape index (κ2) is 6.65. The molecule has 0 saturated carbocycles. The minimum Gasteiger partial charge on any atom is -0.379 e. The van der Waals surface area contributed by atoms with Crippen LogP contribution in [0.2, 0.25) is 0 Å². The molecule has 0 radical (unpaired) electrons. The van der Waals surface area contributed by atoms with Crippen LogP contribution >= 0.6 is 11.6 Å². The number of hydrogen-bond acceptors (Lipinski definition) is 2. The molecule has 0 aromatic rings. The number of alkyl halides is 1. The van der Waals surface area contributed by atoms with Gasteiger partial charge in [-0.2, -0.15) is 0 Å². The van der Waals surface area contributed by atoms with Crippen LogP contribution in [-0.4, -0.2) is 31.2 Å². The molecule has 0 aliphatic carbocycles. The van der Waals surface area contributed by atoms with Gasteiger partial charge in [-0.15, -0.1) is 11.6 Å². The Balaban J connectivity index is 3.63. The van der Waals surface area contributed by atoms with Gasteiger partial charge in [0.1, 0.15) is 0 Å². The Morgan fingerprint density at radius 1 is 1.36 bits per heavy atom. The van der Waals surface area contributed by atoms with Crippen LogP contribution in [-0.2, 0) is 4.74 Å². The first-order valence-electron chi connectivity index (χ1n) is 5.27. The number of methoxy groups -OCH3 is 1. The highest BCUT2D eigenvalue weighted by atomic mass is 35.5. The molecule has 0 aliphatic heterocycles. The van der Waals surface area contributed by atoms with E-state index in [1.807, 2.05) is 0 Å². The van der Waals surface area contributed by atoms with Crippen molar-refractivity contribution < 1.29 is 4.74 Å². The average molecular weight is 222 g/mol. The summed E-state index contributed by atoms with van der Waals surface area (Å²) >= 11 is 5.78. The van der Waals surface area contributed by atoms with Gasteiger partial charge < -0.3 is 10.1 Å². The van der Waals surface area contributed by atoms with Gasteiger partial charge in [0.05, 0.1) is 5.60 Å². The van der Waals surface area contributed by atoms with Crippen molar-refractivity contribution in [1.29, 1.82) is 0 Å². The molecule has 0 bridgehead atoms. The second-order valence-corrected chi connectivity index (χ2v) is 4.90. The van der Waals surface area contributed by atoms with Crippen molar-refractivity contribution in [3.63, 3.8) is 0 Å². The summed E-state index contributed by atoms with van der Waals surface area (Å²) in [4.78, 5) is 0. The van der Waals surface area contributed by atoms with E-state index in [9.17, 15) is 0 Å². The van der Waals surface area contributed by atoms with Crippen LogP contribution in [0.25, 0.3) is 0 Å². The molecule has 2 unspecified atom stereocenters. The molecule has 14 heavy (non-hydrogen) atoms. The molecule has 1 N–H and O–H groups in total. The number of hydrogen-bond donors (Lipinski definition) is 1. The Labute approximate surface area is 93.4 Å². The van der Waals surface area contributed by atoms with E-state index in [1.165, 1.54) is 0 Å². The number of rotatable bonds is 7. The van der Waals surface area contributed by atoms with Crippen molar-refractivity contribution in [2.75, 3.05) is 19.5 Å². The van der Waals surface area contributed by atoms with E-state index in [2.05, 4.69) is 33.0 Å². The molecule has 0 heterocycles. The van der Waals surface area contributed by atoms with Crippen LogP contribution in [0.3, 0.4) is 0 Å². The normalized spacial score (nSPS) is 16.7. The maximum atomic E-state index is 5.78. The van der Waals surface area contributed by atoms with Gasteiger partial charge in [0.15, 0.2) is 0 Å². The SMILES string of the molecule is COC(C)(C)CCNC(C)C(C)CCl. The maximum absolute atomic E-state index is 5.78. The van der Waals surface area contributed by atoms with Crippen molar-refractivity contribution in [2.45, 2.75) is 45.8 Å². The maximum Gasteiger partial charge on any atom is 0.0634 e. The van der Waals surface area contributed by atoms with Gasteiger partial charge in [-0.05, 0) is 39.7 Å². The fourth-order valence-corrected chi connectivity index (χ4v) is 1.31. The third-order valence-electron chi connectivity index (χ3n) is 2.84. The molecule has 0 amide bonds. The van der Waals surface area contributed by atoms with Crippen molar-refractivity contribution in [3.8, 4) is 0 Å². The molecular weight excluding hydrogens is 198 g/mol. The van der Waals surface area contributed by atoms with Crippen molar-refractivity contribution in [2.24, 2.45) is 5.92 Å². The van der Waals surface area contributed by atoms with Crippen molar-refractivity contribution >= 4 is 11.6 Å². The Morgan fingerprint density at radius 2 is 1.93 bits per heavy atom. The van der Waals surface area contributed by atoms with E-state index in [1.54, 1.807) is 7.11 Å². The highest BCUT2D eigenvalue weighted by Gasteiger charge is 2.17. The van der Waals surface area contributed by atoms with Gasteiger partial charge in [0, 0.05) is 19.0 Å². The summed E-state index contributed by atoms with van der Waals surface area (Å²) in [6.45, 7) is 9.51. The molecule has 0 spiro atoms. The fourth-order valence-electron chi connectivity index (χ4n) is 1.04. The summed E-state index contributed by atoms with van der Waals surface area (Å²) in [5, 5.41) is 3.46. The molecule has 2 atom stereocenters. The van der Waals surface area contributed by atoms with Crippen LogP contribution in [0.4, 0.5) is 0 Å². The third kappa shape index (κ3) is 5.84. The minimum absolute atomic E-state index is 0.0308. The largest absolute Gasteiger partial charge is 0.379 e. The molecule has 0 aliphatic rings. The molecule has 0 saturated heterocycles. The lowest BCUT2D eigenvalue weighted by atomic mass is 10.0. The van der Waals surface area contributed by atoms with Gasteiger partial charge in [-0.3, -0.25) is 0 Å². The van der Waals surface area contributed by atoms with E-state index < -0.39 is 0 Å². The Hall–Kier alpha value is 0.210. The predicted octanol–water partition coefficient (Wildman–Crippen LogP) is 2.65. The lowest BCUT2D eigenvalue weighted by molar-refractivity contribution is 0.0152. The average Bonchev–Trinajstić information content (AvgIpc) is 2.16. The topological polar surface area (TPSA) is 21.3 Å². The standard InChI is InChI=1S/C11H24ClNO/c1-9(8-12)10(2)13-7-6-11(3,4)14-5/h9-10,13H,6-8H2,1-5H3. The van der Waals surface area contributed by atoms with E-state index in [-0.39, 0.29) is 5.60 Å². The highest BCUT2D eigenvalue weighted by Crippen LogP contribution is 2.12. The monoisotopic (exact) mass is 221 g/mol. The van der Waals surface area contributed by atoms with Gasteiger partial charge in [-0.1, -0.05) is 6.92 Å². The molecule has 2 nitrogen and oxygen atoms in total. The summed E-state index contributed by atoms with van der Waals surface area (Å²) < 4.78 is 5.34. The zero-order valence-electron chi connectivity index (χ0n) is 10.1. The van der Waals surface area contributed by atoms with E-state index >= 15 is 0 Å². The highest BCUT2D eigenvalue weighted by molar-refractivity contribution is 6.18. The first-order chi connectivity index (χ1) is 6.43. The smallest absolute Gasteiger partial charge is 0.0634 e. The van der Waals surface area contributed by atoms with Crippen LogP contribution in [0.5, 0.6) is 0 Å². The van der Waals surface area contributed by atoms with Crippen molar-refractivity contribution in [3.05, 3.63) is 0 Å². The first kappa shape index (κ1) is 14.2. The molecule has 3 heteroatoms. The molecule has 86 valence electrons. The van der Waals surface area contributed by atoms with E-state index in [0.29, 0.717) is 17.8 Å². The van der Waals surface area contributed by atoms with Crippen LogP contribution in [0, 0.1) is 5.92 Å². The third-order valence-corrected chi connectivity index (χ3v) is 3.33. The molecule has 0 aromatic carbocycles. The first-order valence-corrected chi connectivity index (χ1v) is 5.81. The van der Waals surface area contributed by atoms with Gasteiger partial charge in [0.25, 0.3) is 0 Å². The van der Waals surface area contributed by atoms with E-state index in [4.69, 9.17) is 16.3 Å². The number of nitrogens with one attached hydrogen (secondary N) is 1. The van der Waals surface area contributed by atoms with Crippen LogP contribution in [0.1, 0.15) is 34.1 Å². The summed E-state index contributed by atoms with van der Waals surface area (Å²) in [7, 11) is 1.75. The Bertz CT molecular complexity index is 150.